The van der Waals surface area contributed by atoms with E-state index in [1.165, 1.54) is 18.5 Å². The van der Waals surface area contributed by atoms with Gasteiger partial charge in [0.25, 0.3) is 0 Å². The third-order valence-corrected chi connectivity index (χ3v) is 7.79. The number of methoxy groups -OCH3 is 3. The van der Waals surface area contributed by atoms with E-state index in [2.05, 4.69) is 20.8 Å². The van der Waals surface area contributed by atoms with Gasteiger partial charge in [-0.2, -0.15) is 4.31 Å². The largest absolute Gasteiger partial charge is 0.493 e. The summed E-state index contributed by atoms with van der Waals surface area (Å²) in [4.78, 5) is 12.4. The summed E-state index contributed by atoms with van der Waals surface area (Å²) in [5, 5.41) is 0. The van der Waals surface area contributed by atoms with E-state index in [0.717, 1.165) is 11.1 Å². The standard InChI is InChI=1S/C24H31NO6S/c1-24(2,3)17-7-9-18(10-8-17)32(27,28)25-12-11-16-13-21(29-4)22(30-5)14-19(16)20(25)15-23(26)31-6/h7-10,13-14,20H,11-12,15H2,1-6H3/t20-/m1/s1. The van der Waals surface area contributed by atoms with Gasteiger partial charge in [0.2, 0.25) is 10.0 Å². The highest BCUT2D eigenvalue weighted by Crippen LogP contribution is 2.41. The van der Waals surface area contributed by atoms with Gasteiger partial charge in [0.1, 0.15) is 0 Å². The molecule has 8 heteroatoms. The molecule has 0 unspecified atom stereocenters. The van der Waals surface area contributed by atoms with Crippen molar-refractivity contribution in [3.8, 4) is 11.5 Å². The number of benzene rings is 2. The molecule has 0 spiro atoms. The Bertz CT molecular complexity index is 1090. The summed E-state index contributed by atoms with van der Waals surface area (Å²) in [6.07, 6.45) is 0.394. The zero-order valence-electron chi connectivity index (χ0n) is 19.5. The lowest BCUT2D eigenvalue weighted by Gasteiger charge is -2.36. The van der Waals surface area contributed by atoms with Crippen LogP contribution in [0.5, 0.6) is 11.5 Å². The Balaban J connectivity index is 2.07. The predicted molar refractivity (Wildman–Crippen MR) is 122 cm³/mol. The summed E-state index contributed by atoms with van der Waals surface area (Å²) >= 11 is 0. The number of carbonyl (C=O) groups is 1. The molecule has 7 nitrogen and oxygen atoms in total. The first-order chi connectivity index (χ1) is 15.0. The second-order valence-corrected chi connectivity index (χ2v) is 10.7. The fraction of sp³-hybridized carbons (Fsp3) is 0.458. The first-order valence-electron chi connectivity index (χ1n) is 10.5. The average Bonchev–Trinajstić information content (AvgIpc) is 2.77. The number of hydrogen-bond acceptors (Lipinski definition) is 6. The number of hydrogen-bond donors (Lipinski definition) is 0. The Kier molecular flexibility index (Phi) is 6.86. The first kappa shape index (κ1) is 24.1. The van der Waals surface area contributed by atoms with Crippen molar-refractivity contribution in [2.75, 3.05) is 27.9 Å². The van der Waals surface area contributed by atoms with Gasteiger partial charge in [-0.15, -0.1) is 0 Å². The van der Waals surface area contributed by atoms with Crippen molar-refractivity contribution in [3.05, 3.63) is 53.1 Å². The molecule has 2 aromatic rings. The highest BCUT2D eigenvalue weighted by molar-refractivity contribution is 7.89. The highest BCUT2D eigenvalue weighted by Gasteiger charge is 2.38. The first-order valence-corrected chi connectivity index (χ1v) is 11.9. The minimum atomic E-state index is -3.85. The second-order valence-electron chi connectivity index (χ2n) is 8.84. The van der Waals surface area contributed by atoms with Crippen LogP contribution in [0.1, 0.15) is 49.9 Å². The molecular weight excluding hydrogens is 430 g/mol. The number of carbonyl (C=O) groups excluding carboxylic acids is 1. The van der Waals surface area contributed by atoms with Gasteiger partial charge in [0.05, 0.1) is 38.7 Å². The number of esters is 1. The lowest BCUT2D eigenvalue weighted by atomic mass is 9.87. The topological polar surface area (TPSA) is 82.1 Å². The molecule has 0 saturated heterocycles. The maximum Gasteiger partial charge on any atom is 0.307 e. The molecule has 2 aromatic carbocycles. The van der Waals surface area contributed by atoms with Crippen LogP contribution in [0.25, 0.3) is 0 Å². The lowest BCUT2D eigenvalue weighted by molar-refractivity contribution is -0.141. The summed E-state index contributed by atoms with van der Waals surface area (Å²) in [6.45, 7) is 6.47. The van der Waals surface area contributed by atoms with E-state index in [4.69, 9.17) is 14.2 Å². The van der Waals surface area contributed by atoms with Crippen LogP contribution in [0.2, 0.25) is 0 Å². The third kappa shape index (κ3) is 4.61. The molecule has 32 heavy (non-hydrogen) atoms. The van der Waals surface area contributed by atoms with Crippen molar-refractivity contribution in [2.24, 2.45) is 0 Å². The Morgan fingerprint density at radius 1 is 1.03 bits per heavy atom. The van der Waals surface area contributed by atoms with Gasteiger partial charge in [-0.25, -0.2) is 8.42 Å². The van der Waals surface area contributed by atoms with E-state index in [0.29, 0.717) is 23.5 Å². The van der Waals surface area contributed by atoms with Crippen LogP contribution in [-0.4, -0.2) is 46.6 Å². The third-order valence-electron chi connectivity index (χ3n) is 5.87. The van der Waals surface area contributed by atoms with Crippen LogP contribution in [-0.2, 0) is 31.4 Å². The fourth-order valence-corrected chi connectivity index (χ4v) is 5.61. The molecule has 1 aliphatic heterocycles. The van der Waals surface area contributed by atoms with Crippen LogP contribution in [0.3, 0.4) is 0 Å². The quantitative estimate of drug-likeness (QED) is 0.608. The number of sulfonamides is 1. The van der Waals surface area contributed by atoms with Gasteiger partial charge in [-0.1, -0.05) is 32.9 Å². The van der Waals surface area contributed by atoms with Gasteiger partial charge in [0, 0.05) is 6.54 Å². The van der Waals surface area contributed by atoms with E-state index in [9.17, 15) is 13.2 Å². The van der Waals surface area contributed by atoms with Crippen molar-refractivity contribution in [1.29, 1.82) is 0 Å². The van der Waals surface area contributed by atoms with Crippen molar-refractivity contribution < 1.29 is 27.4 Å². The van der Waals surface area contributed by atoms with Gasteiger partial charge >= 0.3 is 5.97 Å². The van der Waals surface area contributed by atoms with E-state index in [1.807, 2.05) is 18.2 Å². The maximum absolute atomic E-state index is 13.6. The van der Waals surface area contributed by atoms with Crippen molar-refractivity contribution in [3.63, 3.8) is 0 Å². The van der Waals surface area contributed by atoms with Crippen molar-refractivity contribution >= 4 is 16.0 Å². The number of fused-ring (bicyclic) bond motifs is 1. The van der Waals surface area contributed by atoms with E-state index < -0.39 is 22.0 Å². The van der Waals surface area contributed by atoms with Crippen LogP contribution < -0.4 is 9.47 Å². The minimum Gasteiger partial charge on any atom is -0.493 e. The molecule has 3 rings (SSSR count). The number of ether oxygens (including phenoxy) is 3. The van der Waals surface area contributed by atoms with Crippen molar-refractivity contribution in [1.82, 2.24) is 4.31 Å². The summed E-state index contributed by atoms with van der Waals surface area (Å²) in [5.41, 5.74) is 2.60. The molecular formula is C24H31NO6S. The van der Waals surface area contributed by atoms with Crippen LogP contribution >= 0.6 is 0 Å². The van der Waals surface area contributed by atoms with Crippen molar-refractivity contribution in [2.45, 2.75) is 50.0 Å². The summed E-state index contributed by atoms with van der Waals surface area (Å²) in [5.74, 6) is 0.563. The zero-order valence-corrected chi connectivity index (χ0v) is 20.3. The van der Waals surface area contributed by atoms with E-state index in [1.54, 1.807) is 25.3 Å². The molecule has 0 radical (unpaired) electrons. The zero-order chi connectivity index (χ0) is 23.7. The average molecular weight is 462 g/mol. The summed E-state index contributed by atoms with van der Waals surface area (Å²) in [7, 11) is 0.519. The SMILES string of the molecule is COC(=O)C[C@@H]1c2cc(OC)c(OC)cc2CCN1S(=O)(=O)c1ccc(C(C)(C)C)cc1. The molecule has 0 fully saturated rings. The minimum absolute atomic E-state index is 0.0879. The molecule has 1 aliphatic rings. The maximum atomic E-state index is 13.6. The molecule has 1 heterocycles. The molecule has 0 aliphatic carbocycles. The van der Waals surface area contributed by atoms with E-state index in [-0.39, 0.29) is 23.3 Å². The molecule has 0 aromatic heterocycles. The van der Waals surface area contributed by atoms with Gasteiger partial charge < -0.3 is 14.2 Å². The van der Waals surface area contributed by atoms with Crippen LogP contribution in [0, 0.1) is 0 Å². The van der Waals surface area contributed by atoms with Gasteiger partial charge in [-0.3, -0.25) is 4.79 Å². The molecule has 174 valence electrons. The van der Waals surface area contributed by atoms with Crippen LogP contribution in [0.15, 0.2) is 41.3 Å². The molecule has 0 amide bonds. The molecule has 1 atom stereocenters. The predicted octanol–water partition coefficient (Wildman–Crippen LogP) is 3.85. The Morgan fingerprint density at radius 3 is 2.16 bits per heavy atom. The highest BCUT2D eigenvalue weighted by atomic mass is 32.2. The monoisotopic (exact) mass is 461 g/mol. The Hall–Kier alpha value is -2.58. The number of rotatable bonds is 6. The molecule has 0 saturated carbocycles. The normalized spacial score (nSPS) is 16.9. The Morgan fingerprint density at radius 2 is 1.62 bits per heavy atom. The lowest BCUT2D eigenvalue weighted by Crippen LogP contribution is -2.41. The molecule has 0 N–H and O–H groups in total. The second kappa shape index (κ2) is 9.11. The Labute approximate surface area is 190 Å². The number of nitrogens with zero attached hydrogens (tertiary/aromatic N) is 1. The molecule has 0 bridgehead atoms. The van der Waals surface area contributed by atoms with Gasteiger partial charge in [-0.05, 0) is 52.8 Å². The smallest absolute Gasteiger partial charge is 0.307 e. The summed E-state index contributed by atoms with van der Waals surface area (Å²) in [6, 6.07) is 9.84. The summed E-state index contributed by atoms with van der Waals surface area (Å²) < 4.78 is 44.4. The fourth-order valence-electron chi connectivity index (χ4n) is 4.01. The van der Waals surface area contributed by atoms with E-state index >= 15 is 0 Å². The van der Waals surface area contributed by atoms with Crippen LogP contribution in [0.4, 0.5) is 0 Å². The van der Waals surface area contributed by atoms with Gasteiger partial charge in [0.15, 0.2) is 11.5 Å².